The molecule has 1 unspecified atom stereocenters. The van der Waals surface area contributed by atoms with Crippen molar-refractivity contribution in [2.24, 2.45) is 11.7 Å². The van der Waals surface area contributed by atoms with Gasteiger partial charge >= 0.3 is 0 Å². The van der Waals surface area contributed by atoms with Crippen molar-refractivity contribution in [1.29, 1.82) is 0 Å². The summed E-state index contributed by atoms with van der Waals surface area (Å²) in [4.78, 5) is 25.6. The van der Waals surface area contributed by atoms with Gasteiger partial charge in [0.05, 0.1) is 6.54 Å². The molecule has 0 bridgehead atoms. The first kappa shape index (κ1) is 15.5. The molecule has 3 N–H and O–H groups in total. The summed E-state index contributed by atoms with van der Waals surface area (Å²) >= 11 is 0. The maximum atomic E-state index is 12.8. The van der Waals surface area contributed by atoms with E-state index in [-0.39, 0.29) is 24.4 Å². The molecule has 0 aromatic heterocycles. The largest absolute Gasteiger partial charge is 0.368 e. The lowest BCUT2D eigenvalue weighted by molar-refractivity contribution is -0.137. The Morgan fingerprint density at radius 3 is 2.76 bits per heavy atom. The zero-order valence-corrected chi connectivity index (χ0v) is 12.6. The number of rotatable bonds is 5. The predicted molar refractivity (Wildman–Crippen MR) is 81.5 cm³/mol. The molecular weight excluding hydrogens is 266 g/mol. The van der Waals surface area contributed by atoms with E-state index >= 15 is 0 Å². The number of hydrogen-bond donors (Lipinski definition) is 2. The minimum Gasteiger partial charge on any atom is -0.368 e. The Hall–Kier alpha value is -1.88. The molecule has 1 aliphatic heterocycles. The Balaban J connectivity index is 2.23. The van der Waals surface area contributed by atoms with Gasteiger partial charge in [0.25, 0.3) is 0 Å². The molecule has 0 spiro atoms. The highest BCUT2D eigenvalue weighted by atomic mass is 16.2. The molecule has 5 heteroatoms. The van der Waals surface area contributed by atoms with E-state index < -0.39 is 5.91 Å². The topological polar surface area (TPSA) is 75.4 Å². The van der Waals surface area contributed by atoms with Crippen LogP contribution >= 0.6 is 0 Å². The third kappa shape index (κ3) is 3.82. The number of amides is 2. The van der Waals surface area contributed by atoms with Crippen molar-refractivity contribution >= 4 is 11.8 Å². The van der Waals surface area contributed by atoms with Gasteiger partial charge in [0.1, 0.15) is 6.04 Å². The minimum atomic E-state index is -0.479. The standard InChI is InChI=1S/C16H23N3O2/c1-11(2)9-19(10-14(17)20)16(21)15-13-6-4-3-5-12(13)7-8-18-15/h3-6,11,15,18H,7-10H2,1-2H3,(H2,17,20). The lowest BCUT2D eigenvalue weighted by Gasteiger charge is -2.32. The molecule has 5 nitrogen and oxygen atoms in total. The molecule has 1 aromatic rings. The Labute approximate surface area is 125 Å². The van der Waals surface area contributed by atoms with Crippen LogP contribution in [0.15, 0.2) is 24.3 Å². The summed E-state index contributed by atoms with van der Waals surface area (Å²) in [6, 6.07) is 7.57. The molecule has 0 radical (unpaired) electrons. The number of primary amides is 1. The Kier molecular flexibility index (Phi) is 4.96. The van der Waals surface area contributed by atoms with Crippen molar-refractivity contribution in [1.82, 2.24) is 10.2 Å². The second kappa shape index (κ2) is 6.72. The van der Waals surface area contributed by atoms with E-state index in [0.717, 1.165) is 18.5 Å². The second-order valence-corrected chi connectivity index (χ2v) is 5.91. The first-order valence-electron chi connectivity index (χ1n) is 7.37. The third-order valence-corrected chi connectivity index (χ3v) is 3.60. The van der Waals surface area contributed by atoms with Gasteiger partial charge in [-0.3, -0.25) is 9.59 Å². The van der Waals surface area contributed by atoms with Crippen LogP contribution in [-0.4, -0.2) is 36.3 Å². The number of nitrogens with two attached hydrogens (primary N) is 1. The highest BCUT2D eigenvalue weighted by Gasteiger charge is 2.30. The average Bonchev–Trinajstić information content (AvgIpc) is 2.44. The number of carbonyl (C=O) groups is 2. The summed E-state index contributed by atoms with van der Waals surface area (Å²) in [5.41, 5.74) is 7.48. The van der Waals surface area contributed by atoms with E-state index in [0.29, 0.717) is 6.54 Å². The van der Waals surface area contributed by atoms with Crippen molar-refractivity contribution in [3.05, 3.63) is 35.4 Å². The Morgan fingerprint density at radius 1 is 1.38 bits per heavy atom. The molecule has 0 saturated heterocycles. The van der Waals surface area contributed by atoms with Gasteiger partial charge in [0, 0.05) is 13.1 Å². The predicted octanol–water partition coefficient (Wildman–Crippen LogP) is 0.843. The van der Waals surface area contributed by atoms with Gasteiger partial charge < -0.3 is 16.0 Å². The summed E-state index contributed by atoms with van der Waals surface area (Å²) in [5, 5.41) is 3.26. The summed E-state index contributed by atoms with van der Waals surface area (Å²) in [5.74, 6) is -0.269. The van der Waals surface area contributed by atoms with Crippen LogP contribution in [0, 0.1) is 5.92 Å². The van der Waals surface area contributed by atoms with Crippen molar-refractivity contribution in [2.75, 3.05) is 19.6 Å². The third-order valence-electron chi connectivity index (χ3n) is 3.60. The van der Waals surface area contributed by atoms with Crippen LogP contribution in [0.1, 0.15) is 31.0 Å². The van der Waals surface area contributed by atoms with Crippen LogP contribution in [0.3, 0.4) is 0 Å². The van der Waals surface area contributed by atoms with Crippen LogP contribution in [0.4, 0.5) is 0 Å². The molecule has 0 fully saturated rings. The van der Waals surface area contributed by atoms with Crippen LogP contribution in [0.2, 0.25) is 0 Å². The highest BCUT2D eigenvalue weighted by Crippen LogP contribution is 2.24. The summed E-state index contributed by atoms with van der Waals surface area (Å²) < 4.78 is 0. The van der Waals surface area contributed by atoms with Crippen molar-refractivity contribution in [3.63, 3.8) is 0 Å². The summed E-state index contributed by atoms with van der Waals surface area (Å²) in [7, 11) is 0. The lowest BCUT2D eigenvalue weighted by atomic mass is 9.93. The molecule has 114 valence electrons. The van der Waals surface area contributed by atoms with E-state index in [2.05, 4.69) is 11.4 Å². The monoisotopic (exact) mass is 289 g/mol. The molecule has 21 heavy (non-hydrogen) atoms. The van der Waals surface area contributed by atoms with E-state index in [1.54, 1.807) is 4.90 Å². The molecule has 1 atom stereocenters. The van der Waals surface area contributed by atoms with Gasteiger partial charge in [-0.1, -0.05) is 38.1 Å². The van der Waals surface area contributed by atoms with Gasteiger partial charge in [-0.2, -0.15) is 0 Å². The zero-order valence-electron chi connectivity index (χ0n) is 12.6. The van der Waals surface area contributed by atoms with Crippen LogP contribution in [0.25, 0.3) is 0 Å². The van der Waals surface area contributed by atoms with Gasteiger partial charge in [-0.15, -0.1) is 0 Å². The fourth-order valence-corrected chi connectivity index (χ4v) is 2.77. The van der Waals surface area contributed by atoms with Gasteiger partial charge in [-0.05, 0) is 23.5 Å². The van der Waals surface area contributed by atoms with E-state index in [4.69, 9.17) is 5.73 Å². The fraction of sp³-hybridized carbons (Fsp3) is 0.500. The lowest BCUT2D eigenvalue weighted by Crippen LogP contribution is -2.47. The van der Waals surface area contributed by atoms with Gasteiger partial charge in [0.15, 0.2) is 0 Å². The Morgan fingerprint density at radius 2 is 2.10 bits per heavy atom. The summed E-state index contributed by atoms with van der Waals surface area (Å²) in [6.07, 6.45) is 0.917. The van der Waals surface area contributed by atoms with E-state index in [1.807, 2.05) is 32.0 Å². The van der Waals surface area contributed by atoms with E-state index in [9.17, 15) is 9.59 Å². The van der Waals surface area contributed by atoms with Crippen LogP contribution in [-0.2, 0) is 16.0 Å². The smallest absolute Gasteiger partial charge is 0.244 e. The molecule has 1 aliphatic rings. The molecule has 1 heterocycles. The first-order valence-corrected chi connectivity index (χ1v) is 7.37. The molecule has 2 rings (SSSR count). The maximum absolute atomic E-state index is 12.8. The van der Waals surface area contributed by atoms with Crippen LogP contribution in [0.5, 0.6) is 0 Å². The quantitative estimate of drug-likeness (QED) is 0.843. The van der Waals surface area contributed by atoms with Crippen LogP contribution < -0.4 is 11.1 Å². The number of carbonyl (C=O) groups excluding carboxylic acids is 2. The first-order chi connectivity index (χ1) is 9.99. The van der Waals surface area contributed by atoms with Crippen molar-refractivity contribution in [3.8, 4) is 0 Å². The number of nitrogens with zero attached hydrogens (tertiary/aromatic N) is 1. The molecule has 0 aliphatic carbocycles. The average molecular weight is 289 g/mol. The number of fused-ring (bicyclic) bond motifs is 1. The highest BCUT2D eigenvalue weighted by molar-refractivity contribution is 5.88. The van der Waals surface area contributed by atoms with Crippen molar-refractivity contribution < 1.29 is 9.59 Å². The van der Waals surface area contributed by atoms with Crippen molar-refractivity contribution in [2.45, 2.75) is 26.3 Å². The maximum Gasteiger partial charge on any atom is 0.244 e. The molecule has 2 amide bonds. The second-order valence-electron chi connectivity index (χ2n) is 5.91. The summed E-state index contributed by atoms with van der Waals surface area (Å²) in [6.45, 7) is 5.30. The van der Waals surface area contributed by atoms with Gasteiger partial charge in [-0.25, -0.2) is 0 Å². The molecular formula is C16H23N3O2. The normalized spacial score (nSPS) is 17.4. The fourth-order valence-electron chi connectivity index (χ4n) is 2.77. The zero-order chi connectivity index (χ0) is 15.4. The molecule has 0 saturated carbocycles. The molecule has 1 aromatic carbocycles. The minimum absolute atomic E-state index is 0.0304. The van der Waals surface area contributed by atoms with E-state index in [1.165, 1.54) is 5.56 Å². The van der Waals surface area contributed by atoms with Gasteiger partial charge in [0.2, 0.25) is 11.8 Å². The Bertz CT molecular complexity index is 528. The number of hydrogen-bond acceptors (Lipinski definition) is 3. The SMILES string of the molecule is CC(C)CN(CC(N)=O)C(=O)C1NCCc2ccccc21. The number of nitrogens with one attached hydrogen (secondary N) is 1. The number of benzene rings is 1.